The molecule has 3 rings (SSSR count). The van der Waals surface area contributed by atoms with Gasteiger partial charge in [-0.3, -0.25) is 4.79 Å². The number of aryl methyl sites for hydroxylation is 1. The lowest BCUT2D eigenvalue weighted by Gasteiger charge is -2.11. The van der Waals surface area contributed by atoms with E-state index in [-0.39, 0.29) is 36.2 Å². The van der Waals surface area contributed by atoms with Crippen LogP contribution in [0.1, 0.15) is 20.9 Å². The monoisotopic (exact) mass is 310 g/mol. The highest BCUT2D eigenvalue weighted by Gasteiger charge is 2.18. The average molecular weight is 310 g/mol. The second-order valence-electron chi connectivity index (χ2n) is 5.88. The van der Waals surface area contributed by atoms with Gasteiger partial charge in [0.05, 0.1) is 21.9 Å². The molecule has 0 atom stereocenters. The third-order valence-corrected chi connectivity index (χ3v) is 3.76. The van der Waals surface area contributed by atoms with Crippen LogP contribution in [0.3, 0.4) is 0 Å². The van der Waals surface area contributed by atoms with Crippen LogP contribution in [0.15, 0.2) is 42.5 Å². The van der Waals surface area contributed by atoms with E-state index in [2.05, 4.69) is 4.98 Å². The second kappa shape index (κ2) is 5.88. The summed E-state index contributed by atoms with van der Waals surface area (Å²) in [5.74, 6) is -0.112. The van der Waals surface area contributed by atoms with Gasteiger partial charge in [-0.05, 0) is 25.5 Å². The predicted molar refractivity (Wildman–Crippen MR) is 92.5 cm³/mol. The summed E-state index contributed by atoms with van der Waals surface area (Å²) in [6, 6.07) is 7.72. The molecule has 1 amide bonds. The van der Waals surface area contributed by atoms with E-state index >= 15 is 0 Å². The third-order valence-electron chi connectivity index (χ3n) is 3.76. The maximum Gasteiger partial charge on any atom is 0.228 e. The molecule has 0 aliphatic carbocycles. The number of hydrogen-bond donors (Lipinski definition) is 0. The van der Waals surface area contributed by atoms with Gasteiger partial charge < -0.3 is 9.30 Å². The van der Waals surface area contributed by atoms with E-state index in [1.807, 2.05) is 31.2 Å². The Labute approximate surface area is 140 Å². The van der Waals surface area contributed by atoms with Gasteiger partial charge in [0.1, 0.15) is 5.65 Å². The first-order valence-electron chi connectivity index (χ1n) is 8.97. The quantitative estimate of drug-likeness (QED) is 0.745. The molecule has 0 fully saturated rings. The summed E-state index contributed by atoms with van der Waals surface area (Å²) < 4.78 is 26.3. The Morgan fingerprint density at radius 3 is 2.52 bits per heavy atom. The fraction of sp³-hybridized carbons (Fsp3) is 0.263. The summed E-state index contributed by atoms with van der Waals surface area (Å²) in [6.07, 6.45) is 0.160. The van der Waals surface area contributed by atoms with E-state index in [4.69, 9.17) is 4.11 Å². The molecule has 0 saturated carbocycles. The fourth-order valence-electron chi connectivity index (χ4n) is 2.41. The molecule has 0 saturated heterocycles. The van der Waals surface area contributed by atoms with Gasteiger partial charge in [-0.2, -0.15) is 0 Å². The summed E-state index contributed by atoms with van der Waals surface area (Å²) >= 11 is 0. The lowest BCUT2D eigenvalue weighted by molar-refractivity contribution is -0.128. The molecule has 0 aliphatic rings. The fourth-order valence-corrected chi connectivity index (χ4v) is 2.41. The molecule has 2 heterocycles. The Morgan fingerprint density at radius 2 is 1.87 bits per heavy atom. The summed E-state index contributed by atoms with van der Waals surface area (Å²) in [7, 11) is 3.36. The van der Waals surface area contributed by atoms with Crippen LogP contribution in [0.25, 0.3) is 16.9 Å². The number of rotatable bonds is 3. The number of pyridine rings is 1. The number of aromatic nitrogens is 2. The van der Waals surface area contributed by atoms with Crippen molar-refractivity contribution in [3.63, 3.8) is 0 Å². The highest BCUT2D eigenvalue weighted by atomic mass is 16.2. The van der Waals surface area contributed by atoms with Crippen molar-refractivity contribution in [2.24, 2.45) is 0 Å². The van der Waals surface area contributed by atoms with Crippen LogP contribution in [0.5, 0.6) is 0 Å². The summed E-state index contributed by atoms with van der Waals surface area (Å²) in [6.45, 7) is 3.63. The van der Waals surface area contributed by atoms with Crippen molar-refractivity contribution in [2.45, 2.75) is 20.3 Å². The van der Waals surface area contributed by atoms with E-state index in [1.54, 1.807) is 21.0 Å². The molecular formula is C19H21N3O. The molecule has 4 nitrogen and oxygen atoms in total. The zero-order valence-electron chi connectivity index (χ0n) is 16.8. The van der Waals surface area contributed by atoms with Gasteiger partial charge in [0.25, 0.3) is 0 Å². The van der Waals surface area contributed by atoms with Crippen molar-refractivity contribution in [2.75, 3.05) is 14.1 Å². The van der Waals surface area contributed by atoms with Crippen LogP contribution in [0.4, 0.5) is 0 Å². The van der Waals surface area contributed by atoms with Crippen LogP contribution in [-0.4, -0.2) is 34.3 Å². The van der Waals surface area contributed by atoms with Gasteiger partial charge in [0.15, 0.2) is 0 Å². The van der Waals surface area contributed by atoms with Gasteiger partial charge in [-0.15, -0.1) is 0 Å². The number of amides is 1. The summed E-state index contributed by atoms with van der Waals surface area (Å²) in [4.78, 5) is 18.4. The van der Waals surface area contributed by atoms with E-state index in [0.717, 1.165) is 11.1 Å². The third kappa shape index (κ3) is 2.97. The maximum atomic E-state index is 12.4. The minimum Gasteiger partial charge on any atom is -0.348 e. The Morgan fingerprint density at radius 1 is 1.17 bits per heavy atom. The summed E-state index contributed by atoms with van der Waals surface area (Å²) in [5.41, 5.74) is 3.71. The molecule has 3 aromatic rings. The molecule has 0 radical (unpaired) electrons. The number of benzene rings is 1. The number of carbonyl (C=O) groups excluding carboxylic acids is 1. The van der Waals surface area contributed by atoms with Gasteiger partial charge in [-0.1, -0.05) is 35.9 Å². The molecule has 0 spiro atoms. The maximum absolute atomic E-state index is 12.4. The number of likely N-dealkylation sites (N-methyl/N-ethyl adjacent to an activating group) is 1. The predicted octanol–water partition coefficient (Wildman–Crippen LogP) is 3.25. The van der Waals surface area contributed by atoms with E-state index in [1.165, 1.54) is 9.30 Å². The van der Waals surface area contributed by atoms with Gasteiger partial charge in [-0.25, -0.2) is 4.98 Å². The van der Waals surface area contributed by atoms with Crippen molar-refractivity contribution in [3.05, 3.63) is 59.3 Å². The number of fused-ring (bicyclic) bond motifs is 1. The second-order valence-corrected chi connectivity index (χ2v) is 5.88. The lowest BCUT2D eigenvalue weighted by Crippen LogP contribution is -2.24. The van der Waals surface area contributed by atoms with Crippen LogP contribution in [0.2, 0.25) is 0 Å². The molecule has 2 aromatic heterocycles. The Balaban J connectivity index is 2.36. The van der Waals surface area contributed by atoms with Crippen LogP contribution < -0.4 is 0 Å². The van der Waals surface area contributed by atoms with Crippen molar-refractivity contribution >= 4 is 11.6 Å². The van der Waals surface area contributed by atoms with Gasteiger partial charge in [0, 0.05) is 25.8 Å². The van der Waals surface area contributed by atoms with Crippen molar-refractivity contribution in [1.82, 2.24) is 14.3 Å². The molecule has 0 N–H and O–H groups in total. The van der Waals surface area contributed by atoms with E-state index < -0.39 is 0 Å². The zero-order valence-corrected chi connectivity index (χ0v) is 13.8. The van der Waals surface area contributed by atoms with Crippen molar-refractivity contribution < 1.29 is 8.91 Å². The molecular weight excluding hydrogens is 286 g/mol. The highest BCUT2D eigenvalue weighted by molar-refractivity contribution is 5.81. The van der Waals surface area contributed by atoms with Crippen LogP contribution in [0, 0.1) is 13.8 Å². The molecule has 0 bridgehead atoms. The molecule has 0 unspecified atom stereocenters. The molecule has 118 valence electrons. The SMILES string of the molecule is [2H]c1c(C)c([2H])n2c(CC(=O)N(C)C)c(-c3ccc(C)cc3)nc2c1[2H]. The first-order chi connectivity index (χ1) is 12.2. The standard InChI is InChI=1S/C19H21N3O/c1-13-5-8-15(9-6-13)19-16(11-18(23)21(3)4)22-12-14(2)7-10-17(22)20-19/h5-10,12H,11H2,1-4H3/i7D,10D,12D. The first-order valence-corrected chi connectivity index (χ1v) is 7.47. The minimum atomic E-state index is -0.112. The highest BCUT2D eigenvalue weighted by Crippen LogP contribution is 2.26. The number of imidazole rings is 1. The minimum absolute atomic E-state index is 0.00607. The topological polar surface area (TPSA) is 37.6 Å². The molecule has 0 aliphatic heterocycles. The average Bonchev–Trinajstić information content (AvgIpc) is 2.98. The van der Waals surface area contributed by atoms with Gasteiger partial charge >= 0.3 is 0 Å². The number of nitrogens with zero attached hydrogens (tertiary/aromatic N) is 3. The molecule has 4 heteroatoms. The number of hydrogen-bond acceptors (Lipinski definition) is 2. The lowest BCUT2D eigenvalue weighted by atomic mass is 10.1. The normalized spacial score (nSPS) is 12.8. The Hall–Kier alpha value is -2.62. The van der Waals surface area contributed by atoms with Crippen molar-refractivity contribution in [1.29, 1.82) is 0 Å². The van der Waals surface area contributed by atoms with Crippen LogP contribution >= 0.6 is 0 Å². The molecule has 23 heavy (non-hydrogen) atoms. The van der Waals surface area contributed by atoms with Crippen molar-refractivity contribution in [3.8, 4) is 11.3 Å². The van der Waals surface area contributed by atoms with Crippen LogP contribution in [-0.2, 0) is 11.2 Å². The largest absolute Gasteiger partial charge is 0.348 e. The first kappa shape index (κ1) is 11.9. The summed E-state index contributed by atoms with van der Waals surface area (Å²) in [5, 5.41) is 0. The van der Waals surface area contributed by atoms with E-state index in [0.29, 0.717) is 17.0 Å². The number of carbonyl (C=O) groups is 1. The molecule has 1 aromatic carbocycles. The Bertz CT molecular complexity index is 1010. The Kier molecular flexibility index (Phi) is 3.04. The smallest absolute Gasteiger partial charge is 0.228 e. The zero-order chi connectivity index (χ0) is 19.2. The van der Waals surface area contributed by atoms with Gasteiger partial charge in [0.2, 0.25) is 5.91 Å². The van der Waals surface area contributed by atoms with E-state index in [9.17, 15) is 4.79 Å².